The first-order chi connectivity index (χ1) is 13.5. The van der Waals surface area contributed by atoms with Gasteiger partial charge in [0.15, 0.2) is 0 Å². The zero-order valence-corrected chi connectivity index (χ0v) is 17.1. The lowest BCUT2D eigenvalue weighted by Gasteiger charge is -2.39. The van der Waals surface area contributed by atoms with Gasteiger partial charge in [0, 0.05) is 25.7 Å². The summed E-state index contributed by atoms with van der Waals surface area (Å²) in [7, 11) is 1.83. The van der Waals surface area contributed by atoms with E-state index in [9.17, 15) is 9.59 Å². The molecular formula is C24H30N2O2. The van der Waals surface area contributed by atoms with E-state index < -0.39 is 0 Å². The average molecular weight is 379 g/mol. The molecule has 4 heteroatoms. The van der Waals surface area contributed by atoms with Crippen LogP contribution in [0.4, 0.5) is 0 Å². The molecule has 2 aromatic carbocycles. The van der Waals surface area contributed by atoms with Gasteiger partial charge in [-0.15, -0.1) is 0 Å². The van der Waals surface area contributed by atoms with Crippen LogP contribution in [-0.2, 0) is 11.2 Å². The lowest BCUT2D eigenvalue weighted by molar-refractivity contribution is -0.138. The summed E-state index contributed by atoms with van der Waals surface area (Å²) in [5.74, 6) is 0.0364. The summed E-state index contributed by atoms with van der Waals surface area (Å²) in [5.41, 5.74) is 4.13. The number of carbonyl (C=O) groups excluding carboxylic acids is 2. The summed E-state index contributed by atoms with van der Waals surface area (Å²) in [6.07, 6.45) is 3.40. The molecule has 0 bridgehead atoms. The molecule has 2 amide bonds. The zero-order valence-electron chi connectivity index (χ0n) is 17.1. The Morgan fingerprint density at radius 3 is 2.50 bits per heavy atom. The number of carbonyl (C=O) groups is 2. The molecule has 1 saturated heterocycles. The van der Waals surface area contributed by atoms with Crippen LogP contribution in [0, 0.1) is 6.92 Å². The van der Waals surface area contributed by atoms with Crippen molar-refractivity contribution in [2.45, 2.75) is 45.6 Å². The fourth-order valence-electron chi connectivity index (χ4n) is 3.79. The highest BCUT2D eigenvalue weighted by molar-refractivity contribution is 5.99. The largest absolute Gasteiger partial charge is 0.342 e. The maximum atomic E-state index is 13.4. The first-order valence-corrected chi connectivity index (χ1v) is 10.2. The lowest BCUT2D eigenvalue weighted by atomic mass is 9.96. The Morgan fingerprint density at radius 1 is 1.07 bits per heavy atom. The highest BCUT2D eigenvalue weighted by Crippen LogP contribution is 2.22. The predicted molar refractivity (Wildman–Crippen MR) is 112 cm³/mol. The van der Waals surface area contributed by atoms with Crippen molar-refractivity contribution in [3.05, 3.63) is 70.8 Å². The third kappa shape index (κ3) is 4.44. The van der Waals surface area contributed by atoms with Crippen molar-refractivity contribution in [3.8, 4) is 0 Å². The Kier molecular flexibility index (Phi) is 6.50. The van der Waals surface area contributed by atoms with Gasteiger partial charge < -0.3 is 9.80 Å². The van der Waals surface area contributed by atoms with Crippen LogP contribution in [0.25, 0.3) is 0 Å². The molecule has 0 spiro atoms. The topological polar surface area (TPSA) is 40.6 Å². The molecule has 1 fully saturated rings. The van der Waals surface area contributed by atoms with E-state index in [1.807, 2.05) is 31.3 Å². The molecule has 1 aliphatic rings. The number of piperazine rings is 1. The van der Waals surface area contributed by atoms with Gasteiger partial charge in [0.25, 0.3) is 5.91 Å². The molecule has 1 aliphatic heterocycles. The first-order valence-electron chi connectivity index (χ1n) is 10.2. The van der Waals surface area contributed by atoms with Crippen molar-refractivity contribution >= 4 is 11.8 Å². The van der Waals surface area contributed by atoms with E-state index in [4.69, 9.17) is 0 Å². The Labute approximate surface area is 168 Å². The third-order valence-corrected chi connectivity index (χ3v) is 5.57. The number of nitrogens with zero attached hydrogens (tertiary/aromatic N) is 2. The Morgan fingerprint density at radius 2 is 1.79 bits per heavy atom. The Balaban J connectivity index is 1.86. The molecule has 1 heterocycles. The van der Waals surface area contributed by atoms with Crippen LogP contribution in [0.1, 0.15) is 53.2 Å². The first kappa shape index (κ1) is 20.1. The SMILES string of the molecule is CCCCC1C(=O)N(C)CCN1C(=O)c1ccccc1Cc1ccc(C)cc1. The molecule has 2 aromatic rings. The lowest BCUT2D eigenvalue weighted by Crippen LogP contribution is -2.57. The molecule has 0 N–H and O–H groups in total. The number of unbranched alkanes of at least 4 members (excludes halogenated alkanes) is 1. The minimum Gasteiger partial charge on any atom is -0.342 e. The summed E-state index contributed by atoms with van der Waals surface area (Å²) < 4.78 is 0. The van der Waals surface area contributed by atoms with Gasteiger partial charge in [-0.1, -0.05) is 67.8 Å². The van der Waals surface area contributed by atoms with Gasteiger partial charge in [-0.25, -0.2) is 0 Å². The van der Waals surface area contributed by atoms with E-state index in [2.05, 4.69) is 38.1 Å². The number of rotatable bonds is 6. The van der Waals surface area contributed by atoms with E-state index in [-0.39, 0.29) is 17.9 Å². The Hall–Kier alpha value is -2.62. The zero-order chi connectivity index (χ0) is 20.1. The molecule has 1 atom stereocenters. The monoisotopic (exact) mass is 378 g/mol. The molecule has 0 aromatic heterocycles. The molecule has 1 unspecified atom stereocenters. The van der Waals surface area contributed by atoms with Crippen molar-refractivity contribution in [2.75, 3.05) is 20.1 Å². The van der Waals surface area contributed by atoms with Gasteiger partial charge in [-0.05, 0) is 37.0 Å². The van der Waals surface area contributed by atoms with Crippen molar-refractivity contribution in [1.82, 2.24) is 9.80 Å². The smallest absolute Gasteiger partial charge is 0.254 e. The van der Waals surface area contributed by atoms with Crippen molar-refractivity contribution < 1.29 is 9.59 Å². The van der Waals surface area contributed by atoms with E-state index >= 15 is 0 Å². The highest BCUT2D eigenvalue weighted by atomic mass is 16.2. The summed E-state index contributed by atoms with van der Waals surface area (Å²) in [4.78, 5) is 29.7. The predicted octanol–water partition coefficient (Wildman–Crippen LogP) is 4.06. The van der Waals surface area contributed by atoms with Crippen LogP contribution in [0.2, 0.25) is 0 Å². The van der Waals surface area contributed by atoms with Gasteiger partial charge in [-0.2, -0.15) is 0 Å². The van der Waals surface area contributed by atoms with Crippen LogP contribution >= 0.6 is 0 Å². The van der Waals surface area contributed by atoms with Gasteiger partial charge >= 0.3 is 0 Å². The summed E-state index contributed by atoms with van der Waals surface area (Å²) >= 11 is 0. The fraction of sp³-hybridized carbons (Fsp3) is 0.417. The van der Waals surface area contributed by atoms with Crippen LogP contribution in [0.5, 0.6) is 0 Å². The van der Waals surface area contributed by atoms with Gasteiger partial charge in [0.1, 0.15) is 6.04 Å². The second-order valence-electron chi connectivity index (χ2n) is 7.74. The van der Waals surface area contributed by atoms with Crippen LogP contribution in [0.15, 0.2) is 48.5 Å². The van der Waals surface area contributed by atoms with Gasteiger partial charge in [0.2, 0.25) is 5.91 Å². The van der Waals surface area contributed by atoms with E-state index in [1.54, 1.807) is 9.80 Å². The van der Waals surface area contributed by atoms with Gasteiger partial charge in [-0.3, -0.25) is 9.59 Å². The van der Waals surface area contributed by atoms with Crippen molar-refractivity contribution in [3.63, 3.8) is 0 Å². The van der Waals surface area contributed by atoms with Crippen LogP contribution in [-0.4, -0.2) is 47.8 Å². The van der Waals surface area contributed by atoms with Crippen molar-refractivity contribution in [2.24, 2.45) is 0 Å². The maximum Gasteiger partial charge on any atom is 0.254 e. The van der Waals surface area contributed by atoms with E-state index in [0.29, 0.717) is 25.1 Å². The fourth-order valence-corrected chi connectivity index (χ4v) is 3.79. The molecule has 0 radical (unpaired) electrons. The van der Waals surface area contributed by atoms with Gasteiger partial charge in [0.05, 0.1) is 0 Å². The maximum absolute atomic E-state index is 13.4. The standard InChI is InChI=1S/C24H30N2O2/c1-4-5-10-22-24(28)25(3)15-16-26(22)23(27)21-9-7-6-8-20(21)17-19-13-11-18(2)12-14-19/h6-9,11-14,22H,4-5,10,15-17H2,1-3H3. The second kappa shape index (κ2) is 9.05. The molecule has 4 nitrogen and oxygen atoms in total. The molecule has 28 heavy (non-hydrogen) atoms. The highest BCUT2D eigenvalue weighted by Gasteiger charge is 2.36. The summed E-state index contributed by atoms with van der Waals surface area (Å²) in [5, 5.41) is 0. The third-order valence-electron chi connectivity index (χ3n) is 5.57. The number of likely N-dealkylation sites (N-methyl/N-ethyl adjacent to an activating group) is 1. The molecule has 3 rings (SSSR count). The quantitative estimate of drug-likeness (QED) is 0.761. The van der Waals surface area contributed by atoms with Crippen molar-refractivity contribution in [1.29, 1.82) is 0 Å². The molecule has 0 aliphatic carbocycles. The molecular weight excluding hydrogens is 348 g/mol. The normalized spacial score (nSPS) is 17.1. The van der Waals surface area contributed by atoms with Crippen LogP contribution in [0.3, 0.4) is 0 Å². The molecule has 148 valence electrons. The van der Waals surface area contributed by atoms with E-state index in [1.165, 1.54) is 11.1 Å². The number of hydrogen-bond acceptors (Lipinski definition) is 2. The second-order valence-corrected chi connectivity index (χ2v) is 7.74. The molecule has 0 saturated carbocycles. The van der Waals surface area contributed by atoms with E-state index in [0.717, 1.165) is 24.8 Å². The minimum atomic E-state index is -0.348. The summed E-state index contributed by atoms with van der Waals surface area (Å²) in [6.45, 7) is 5.36. The average Bonchev–Trinajstić information content (AvgIpc) is 2.71. The number of hydrogen-bond donors (Lipinski definition) is 0. The number of aryl methyl sites for hydroxylation is 1. The number of benzene rings is 2. The Bertz CT molecular complexity index is 829. The number of amides is 2. The summed E-state index contributed by atoms with van der Waals surface area (Å²) in [6, 6.07) is 15.9. The minimum absolute atomic E-state index is 0.0229. The van der Waals surface area contributed by atoms with Crippen LogP contribution < -0.4 is 0 Å².